The van der Waals surface area contributed by atoms with Crippen LogP contribution < -0.4 is 14.2 Å². The quantitative estimate of drug-likeness (QED) is 0.538. The van der Waals surface area contributed by atoms with E-state index in [9.17, 15) is 9.59 Å². The maximum atomic E-state index is 13.5. The second kappa shape index (κ2) is 7.13. The number of ketones is 2. The Kier molecular flexibility index (Phi) is 5.15. The van der Waals surface area contributed by atoms with E-state index in [1.54, 1.807) is 12.2 Å². The van der Waals surface area contributed by atoms with Gasteiger partial charge in [-0.15, -0.1) is 0 Å². The Labute approximate surface area is 169 Å². The summed E-state index contributed by atoms with van der Waals surface area (Å²) in [5.41, 5.74) is 0.682. The number of methoxy groups -OCH3 is 2. The number of rotatable bonds is 4. The van der Waals surface area contributed by atoms with E-state index < -0.39 is 11.4 Å². The molecule has 0 bridgehead atoms. The Morgan fingerprint density at radius 2 is 1.93 bits per heavy atom. The van der Waals surface area contributed by atoms with E-state index in [2.05, 4.69) is 6.58 Å². The minimum absolute atomic E-state index is 0.130. The predicted molar refractivity (Wildman–Crippen MR) is 108 cm³/mol. The van der Waals surface area contributed by atoms with Crippen LogP contribution in [0.2, 0.25) is 5.02 Å². The van der Waals surface area contributed by atoms with Crippen molar-refractivity contribution in [3.05, 3.63) is 52.1 Å². The van der Waals surface area contributed by atoms with E-state index in [4.69, 9.17) is 25.8 Å². The normalized spacial score (nSPS) is 24.0. The lowest BCUT2D eigenvalue weighted by Gasteiger charge is -2.36. The molecule has 0 saturated carbocycles. The van der Waals surface area contributed by atoms with Crippen molar-refractivity contribution >= 4 is 23.2 Å². The van der Waals surface area contributed by atoms with Crippen molar-refractivity contribution in [1.82, 2.24) is 0 Å². The number of fused-ring (bicyclic) bond motifs is 1. The van der Waals surface area contributed by atoms with Crippen LogP contribution in [-0.4, -0.2) is 31.4 Å². The molecule has 0 aromatic heterocycles. The Morgan fingerprint density at radius 3 is 2.50 bits per heavy atom. The number of carbonyl (C=O) groups excluding carboxylic acids is 2. The lowest BCUT2D eigenvalue weighted by Crippen LogP contribution is -2.56. The summed E-state index contributed by atoms with van der Waals surface area (Å²) in [5, 5.41) is 0.147. The maximum absolute atomic E-state index is 13.5. The molecule has 0 unspecified atom stereocenters. The first-order valence-electron chi connectivity index (χ1n) is 8.95. The van der Waals surface area contributed by atoms with E-state index in [0.29, 0.717) is 17.7 Å². The second-order valence-electron chi connectivity index (χ2n) is 7.27. The molecular formula is C22H23ClO5. The van der Waals surface area contributed by atoms with Gasteiger partial charge in [-0.3, -0.25) is 9.59 Å². The highest BCUT2D eigenvalue weighted by Gasteiger charge is 2.61. The summed E-state index contributed by atoms with van der Waals surface area (Å²) < 4.78 is 16.7. The van der Waals surface area contributed by atoms with Crippen LogP contribution in [-0.2, 0) is 4.79 Å². The average Bonchev–Trinajstić information content (AvgIpc) is 2.96. The number of hydrogen-bond acceptors (Lipinski definition) is 5. The molecule has 0 saturated heterocycles. The smallest absolute Gasteiger partial charge is 0.236 e. The fourth-order valence-corrected chi connectivity index (χ4v) is 4.11. The molecule has 1 heterocycles. The van der Waals surface area contributed by atoms with Gasteiger partial charge in [0.1, 0.15) is 22.1 Å². The molecule has 1 aromatic rings. The van der Waals surface area contributed by atoms with E-state index in [1.165, 1.54) is 20.3 Å². The summed E-state index contributed by atoms with van der Waals surface area (Å²) in [6.45, 7) is 9.39. The van der Waals surface area contributed by atoms with Crippen LogP contribution in [0.3, 0.4) is 0 Å². The predicted octanol–water partition coefficient (Wildman–Crippen LogP) is 4.73. The Hall–Kier alpha value is -2.53. The Balaban J connectivity index is 2.20. The minimum atomic E-state index is -1.67. The molecule has 1 spiro atoms. The first-order chi connectivity index (χ1) is 13.2. The first kappa shape index (κ1) is 20.2. The van der Waals surface area contributed by atoms with Gasteiger partial charge < -0.3 is 14.2 Å². The Morgan fingerprint density at radius 1 is 1.29 bits per heavy atom. The van der Waals surface area contributed by atoms with Crippen molar-refractivity contribution in [3.63, 3.8) is 0 Å². The van der Waals surface area contributed by atoms with Crippen LogP contribution >= 0.6 is 11.6 Å². The largest absolute Gasteiger partial charge is 0.496 e. The maximum Gasteiger partial charge on any atom is 0.236 e. The van der Waals surface area contributed by atoms with Crippen LogP contribution in [0.4, 0.5) is 0 Å². The Bertz CT molecular complexity index is 956. The van der Waals surface area contributed by atoms with Crippen LogP contribution in [0.25, 0.3) is 0 Å². The van der Waals surface area contributed by atoms with Gasteiger partial charge in [0.05, 0.1) is 14.2 Å². The summed E-state index contributed by atoms with van der Waals surface area (Å²) >= 11 is 6.41. The van der Waals surface area contributed by atoms with Crippen molar-refractivity contribution < 1.29 is 23.8 Å². The number of Topliss-reactive ketones (excluding diaryl/α,β-unsaturated/α-hetero) is 2. The van der Waals surface area contributed by atoms with Crippen molar-refractivity contribution in [2.45, 2.75) is 32.8 Å². The average molecular weight is 403 g/mol. The standard InChI is InChI=1S/C22H23ClO5/c1-11(2)7-8-14-12(3)9-13(4)22(20(14)24)21(25)17-15(26-5)10-16(27-6)18(23)19(17)28-22/h7-8,10,13H,1,9H2,2-6H3/b8-7-/t13-,22+/m1/s1. The molecule has 1 aliphatic heterocycles. The molecule has 2 aliphatic rings. The number of hydrogen-bond donors (Lipinski definition) is 0. The van der Waals surface area contributed by atoms with Gasteiger partial charge in [0, 0.05) is 17.6 Å². The molecule has 148 valence electrons. The van der Waals surface area contributed by atoms with Crippen LogP contribution in [0.1, 0.15) is 37.6 Å². The molecule has 6 heteroatoms. The summed E-state index contributed by atoms with van der Waals surface area (Å²) in [6, 6.07) is 1.53. The van der Waals surface area contributed by atoms with Crippen molar-refractivity contribution in [2.24, 2.45) is 5.92 Å². The number of halogens is 1. The van der Waals surface area contributed by atoms with E-state index >= 15 is 0 Å². The zero-order valence-corrected chi connectivity index (χ0v) is 17.4. The van der Waals surface area contributed by atoms with Crippen molar-refractivity contribution in [3.8, 4) is 17.2 Å². The first-order valence-corrected chi connectivity index (χ1v) is 9.33. The molecule has 0 radical (unpaired) electrons. The highest BCUT2D eigenvalue weighted by molar-refractivity contribution is 6.36. The van der Waals surface area contributed by atoms with Crippen LogP contribution in [0.5, 0.6) is 17.2 Å². The molecular weight excluding hydrogens is 380 g/mol. The molecule has 0 N–H and O–H groups in total. The van der Waals surface area contributed by atoms with Crippen molar-refractivity contribution in [2.75, 3.05) is 14.2 Å². The molecule has 0 amide bonds. The molecule has 2 atom stereocenters. The summed E-state index contributed by atoms with van der Waals surface area (Å²) in [5.74, 6) is -0.468. The fourth-order valence-electron chi connectivity index (χ4n) is 3.85. The second-order valence-corrected chi connectivity index (χ2v) is 7.65. The molecule has 1 aliphatic carbocycles. The van der Waals surface area contributed by atoms with Gasteiger partial charge in [-0.2, -0.15) is 0 Å². The van der Waals surface area contributed by atoms with Gasteiger partial charge in [0.15, 0.2) is 5.75 Å². The van der Waals surface area contributed by atoms with Crippen molar-refractivity contribution in [1.29, 1.82) is 0 Å². The lowest BCUT2D eigenvalue weighted by molar-refractivity contribution is -0.130. The van der Waals surface area contributed by atoms with E-state index in [1.807, 2.05) is 20.8 Å². The SMILES string of the molecule is C=C(C)/C=C\C1=C(C)C[C@@H](C)[C@]2(Oc3c(Cl)c(OC)cc(OC)c3C2=O)C1=O. The summed E-state index contributed by atoms with van der Waals surface area (Å²) in [4.78, 5) is 27.1. The highest BCUT2D eigenvalue weighted by Crippen LogP contribution is 2.53. The monoisotopic (exact) mass is 402 g/mol. The van der Waals surface area contributed by atoms with Gasteiger partial charge >= 0.3 is 0 Å². The lowest BCUT2D eigenvalue weighted by atomic mass is 9.70. The highest BCUT2D eigenvalue weighted by atomic mass is 35.5. The number of allylic oxidation sites excluding steroid dienone is 4. The van der Waals surface area contributed by atoms with Gasteiger partial charge in [-0.1, -0.05) is 48.4 Å². The molecule has 1 aromatic carbocycles. The van der Waals surface area contributed by atoms with Gasteiger partial charge in [0.25, 0.3) is 0 Å². The summed E-state index contributed by atoms with van der Waals surface area (Å²) in [7, 11) is 2.90. The van der Waals surface area contributed by atoms with Crippen LogP contribution in [0.15, 0.2) is 41.5 Å². The number of benzene rings is 1. The minimum Gasteiger partial charge on any atom is -0.496 e. The van der Waals surface area contributed by atoms with E-state index in [0.717, 1.165) is 11.1 Å². The third kappa shape index (κ3) is 2.76. The molecule has 0 fully saturated rings. The third-order valence-corrected chi connectivity index (χ3v) is 5.66. The van der Waals surface area contributed by atoms with E-state index in [-0.39, 0.29) is 33.8 Å². The van der Waals surface area contributed by atoms with Gasteiger partial charge in [0.2, 0.25) is 17.2 Å². The zero-order chi connectivity index (χ0) is 20.8. The number of ether oxygens (including phenoxy) is 3. The topological polar surface area (TPSA) is 61.8 Å². The molecule has 5 nitrogen and oxygen atoms in total. The third-order valence-electron chi connectivity index (χ3n) is 5.30. The zero-order valence-electron chi connectivity index (χ0n) is 16.6. The number of carbonyl (C=O) groups is 2. The van der Waals surface area contributed by atoms with Gasteiger partial charge in [-0.05, 0) is 20.3 Å². The van der Waals surface area contributed by atoms with Crippen LogP contribution in [0, 0.1) is 5.92 Å². The summed E-state index contributed by atoms with van der Waals surface area (Å²) in [6.07, 6.45) is 3.99. The molecule has 3 rings (SSSR count). The fraction of sp³-hybridized carbons (Fsp3) is 0.364. The van der Waals surface area contributed by atoms with Gasteiger partial charge in [-0.25, -0.2) is 0 Å². The molecule has 28 heavy (non-hydrogen) atoms.